The van der Waals surface area contributed by atoms with Gasteiger partial charge in [-0.15, -0.1) is 0 Å². The van der Waals surface area contributed by atoms with Gasteiger partial charge in [0, 0.05) is 23.3 Å². The fourth-order valence-electron chi connectivity index (χ4n) is 1.56. The predicted octanol–water partition coefficient (Wildman–Crippen LogP) is 2.57. The van der Waals surface area contributed by atoms with Crippen molar-refractivity contribution in [3.05, 3.63) is 35.7 Å². The summed E-state index contributed by atoms with van der Waals surface area (Å²) in [6.45, 7) is 0.0862. The number of thioether (sulfide) groups is 1. The van der Waals surface area contributed by atoms with Gasteiger partial charge in [0.2, 0.25) is 0 Å². The van der Waals surface area contributed by atoms with Crippen LogP contribution in [0.2, 0.25) is 0 Å². The maximum Gasteiger partial charge on any atom is 0.170 e. The molecule has 0 amide bonds. The van der Waals surface area contributed by atoms with Crippen molar-refractivity contribution in [2.45, 2.75) is 16.5 Å². The summed E-state index contributed by atoms with van der Waals surface area (Å²) in [6.07, 6.45) is 2.04. The molecule has 0 radical (unpaired) electrons. The number of hydrogen-bond acceptors (Lipinski definition) is 6. The second-order valence-electron chi connectivity index (χ2n) is 3.80. The lowest BCUT2D eigenvalue weighted by molar-refractivity contribution is 0.305. The highest BCUT2D eigenvalue weighted by Gasteiger charge is 2.06. The lowest BCUT2D eigenvalue weighted by Gasteiger charge is -2.07. The first-order valence-electron chi connectivity index (χ1n) is 5.99. The molecule has 0 saturated carbocycles. The molecule has 6 heteroatoms. The number of aliphatic hydroxyl groups excluding tert-OH is 1. The van der Waals surface area contributed by atoms with Crippen LogP contribution >= 0.6 is 23.3 Å². The molecule has 0 fully saturated rings. The monoisotopic (exact) mass is 306 g/mol. The summed E-state index contributed by atoms with van der Waals surface area (Å²) in [4.78, 5) is 4.14. The quantitative estimate of drug-likeness (QED) is 0.679. The van der Waals surface area contributed by atoms with Gasteiger partial charge < -0.3 is 9.84 Å². The van der Waals surface area contributed by atoms with Crippen molar-refractivity contribution in [2.75, 3.05) is 13.7 Å². The van der Waals surface area contributed by atoms with Crippen molar-refractivity contribution in [1.82, 2.24) is 9.36 Å². The summed E-state index contributed by atoms with van der Waals surface area (Å²) in [6, 6.07) is 5.85. The fraction of sp³-hybridized carbons (Fsp3) is 0.286. The first kappa shape index (κ1) is 14.9. The maximum absolute atomic E-state index is 8.73. The molecule has 0 atom stereocenters. The summed E-state index contributed by atoms with van der Waals surface area (Å²) in [5.74, 6) is 7.55. The molecule has 1 N–H and O–H groups in total. The average molecular weight is 306 g/mol. The maximum atomic E-state index is 8.73. The van der Waals surface area contributed by atoms with Crippen LogP contribution in [0.5, 0.6) is 5.75 Å². The third-order valence-electron chi connectivity index (χ3n) is 2.44. The van der Waals surface area contributed by atoms with Gasteiger partial charge in [0.15, 0.2) is 4.34 Å². The van der Waals surface area contributed by atoms with Gasteiger partial charge in [-0.2, -0.15) is 4.37 Å². The Kier molecular flexibility index (Phi) is 5.87. The minimum absolute atomic E-state index is 0.0862. The van der Waals surface area contributed by atoms with E-state index in [1.165, 1.54) is 11.5 Å². The summed E-state index contributed by atoms with van der Waals surface area (Å²) >= 11 is 3.01. The standard InChI is InChI=1S/C14H14N2O2S2/c1-18-13-6-5-11(4-2-3-7-17)8-12(13)9-19-14-15-10-16-20-14/h5-6,8,10,17H,3,7,9H2,1H3. The first-order chi connectivity index (χ1) is 9.83. The van der Waals surface area contributed by atoms with Gasteiger partial charge in [0.25, 0.3) is 0 Å². The lowest BCUT2D eigenvalue weighted by atomic mass is 10.1. The molecule has 2 rings (SSSR count). The summed E-state index contributed by atoms with van der Waals surface area (Å²) < 4.78 is 10.3. The van der Waals surface area contributed by atoms with Crippen LogP contribution in [0.1, 0.15) is 17.5 Å². The van der Waals surface area contributed by atoms with Gasteiger partial charge >= 0.3 is 0 Å². The van der Waals surface area contributed by atoms with Crippen molar-refractivity contribution in [3.63, 3.8) is 0 Å². The molecular formula is C14H14N2O2S2. The van der Waals surface area contributed by atoms with Crippen LogP contribution in [0, 0.1) is 11.8 Å². The zero-order valence-corrected chi connectivity index (χ0v) is 12.6. The predicted molar refractivity (Wildman–Crippen MR) is 81.0 cm³/mol. The summed E-state index contributed by atoms with van der Waals surface area (Å²) in [7, 11) is 1.66. The number of benzene rings is 1. The van der Waals surface area contributed by atoms with Crippen molar-refractivity contribution >= 4 is 23.3 Å². The third kappa shape index (κ3) is 4.23. The van der Waals surface area contributed by atoms with E-state index in [2.05, 4.69) is 21.2 Å². The van der Waals surface area contributed by atoms with Gasteiger partial charge in [-0.1, -0.05) is 23.6 Å². The summed E-state index contributed by atoms with van der Waals surface area (Å²) in [5.41, 5.74) is 2.00. The van der Waals surface area contributed by atoms with Crippen LogP contribution in [-0.4, -0.2) is 28.2 Å². The molecule has 0 aliphatic carbocycles. The smallest absolute Gasteiger partial charge is 0.170 e. The van der Waals surface area contributed by atoms with Gasteiger partial charge in [-0.25, -0.2) is 4.98 Å². The Morgan fingerprint density at radius 1 is 1.45 bits per heavy atom. The highest BCUT2D eigenvalue weighted by molar-refractivity contribution is 8.00. The van der Waals surface area contributed by atoms with Gasteiger partial charge in [-0.05, 0) is 29.7 Å². The Balaban J connectivity index is 2.12. The number of methoxy groups -OCH3 is 1. The van der Waals surface area contributed by atoms with E-state index in [9.17, 15) is 0 Å². The van der Waals surface area contributed by atoms with Crippen molar-refractivity contribution in [2.24, 2.45) is 0 Å². The van der Waals surface area contributed by atoms with Crippen LogP contribution in [0.3, 0.4) is 0 Å². The third-order valence-corrected chi connectivity index (χ3v) is 4.29. The van der Waals surface area contributed by atoms with Crippen LogP contribution in [0.4, 0.5) is 0 Å². The number of ether oxygens (including phenoxy) is 1. The minimum Gasteiger partial charge on any atom is -0.496 e. The van der Waals surface area contributed by atoms with Crippen LogP contribution in [0.25, 0.3) is 0 Å². The van der Waals surface area contributed by atoms with Crippen molar-refractivity contribution in [3.8, 4) is 17.6 Å². The van der Waals surface area contributed by atoms with Crippen LogP contribution in [-0.2, 0) is 5.75 Å². The first-order valence-corrected chi connectivity index (χ1v) is 7.75. The lowest BCUT2D eigenvalue weighted by Crippen LogP contribution is -1.91. The van der Waals surface area contributed by atoms with Gasteiger partial charge in [0.05, 0.1) is 13.7 Å². The zero-order chi connectivity index (χ0) is 14.2. The van der Waals surface area contributed by atoms with Gasteiger partial charge in [0.1, 0.15) is 12.1 Å². The van der Waals surface area contributed by atoms with Crippen LogP contribution < -0.4 is 4.74 Å². The molecule has 1 aromatic carbocycles. The van der Waals surface area contributed by atoms with E-state index in [1.54, 1.807) is 25.2 Å². The highest BCUT2D eigenvalue weighted by Crippen LogP contribution is 2.28. The normalized spacial score (nSPS) is 9.90. The Labute approximate surface area is 126 Å². The van der Waals surface area contributed by atoms with Crippen LogP contribution in [0.15, 0.2) is 28.9 Å². The molecule has 104 valence electrons. The molecule has 4 nitrogen and oxygen atoms in total. The molecule has 0 aliphatic rings. The Hall–Kier alpha value is -1.55. The molecule has 0 saturated heterocycles. The average Bonchev–Trinajstić information content (AvgIpc) is 2.99. The topological polar surface area (TPSA) is 55.2 Å². The van der Waals surface area contributed by atoms with E-state index in [1.807, 2.05) is 18.2 Å². The van der Waals surface area contributed by atoms with Crippen molar-refractivity contribution < 1.29 is 9.84 Å². The van der Waals surface area contributed by atoms with E-state index in [0.29, 0.717) is 6.42 Å². The molecule has 1 aromatic heterocycles. The second kappa shape index (κ2) is 7.90. The fourth-order valence-corrected chi connectivity index (χ4v) is 2.98. The molecule has 20 heavy (non-hydrogen) atoms. The number of hydrogen-bond donors (Lipinski definition) is 1. The molecule has 0 bridgehead atoms. The van der Waals surface area contributed by atoms with E-state index in [4.69, 9.17) is 9.84 Å². The largest absolute Gasteiger partial charge is 0.496 e. The van der Waals surface area contributed by atoms with E-state index >= 15 is 0 Å². The van der Waals surface area contributed by atoms with E-state index < -0.39 is 0 Å². The molecular weight excluding hydrogens is 292 g/mol. The molecule has 0 unspecified atom stereocenters. The number of aliphatic hydroxyl groups is 1. The molecule has 0 aliphatic heterocycles. The van der Waals surface area contributed by atoms with Gasteiger partial charge in [-0.3, -0.25) is 0 Å². The number of aromatic nitrogens is 2. The number of rotatable bonds is 5. The molecule has 1 heterocycles. The Morgan fingerprint density at radius 3 is 3.05 bits per heavy atom. The van der Waals surface area contributed by atoms with E-state index in [0.717, 1.165) is 27.0 Å². The Morgan fingerprint density at radius 2 is 2.35 bits per heavy atom. The van der Waals surface area contributed by atoms with Crippen molar-refractivity contribution in [1.29, 1.82) is 0 Å². The second-order valence-corrected chi connectivity index (χ2v) is 5.80. The number of nitrogens with zero attached hydrogens (tertiary/aromatic N) is 2. The Bertz CT molecular complexity index is 603. The zero-order valence-electron chi connectivity index (χ0n) is 11.0. The molecule has 0 spiro atoms. The minimum atomic E-state index is 0.0862. The summed E-state index contributed by atoms with van der Waals surface area (Å²) in [5, 5.41) is 8.73. The highest BCUT2D eigenvalue weighted by atomic mass is 32.2. The molecule has 2 aromatic rings. The van der Waals surface area contributed by atoms with E-state index in [-0.39, 0.29) is 6.61 Å². The SMILES string of the molecule is COc1ccc(C#CCCO)cc1CSc1ncns1.